The van der Waals surface area contributed by atoms with E-state index in [4.69, 9.17) is 0 Å². The maximum atomic E-state index is 13.5. The average Bonchev–Trinajstić information content (AvgIpc) is 2.41. The standard InChI is InChI=1S/C15H12Br2FNO/c1-19(9-10-3-2-4-12(16)7-10)15(20)11-5-6-13(17)14(18)8-11/h2-8H,9H2,1H3. The molecule has 1 amide bonds. The quantitative estimate of drug-likeness (QED) is 0.735. The first-order valence-electron chi connectivity index (χ1n) is 5.92. The Bertz CT molecular complexity index is 646. The van der Waals surface area contributed by atoms with Crippen molar-refractivity contribution in [1.82, 2.24) is 4.90 Å². The average molecular weight is 401 g/mol. The van der Waals surface area contributed by atoms with Crippen LogP contribution in [0.2, 0.25) is 0 Å². The Morgan fingerprint density at radius 2 is 1.95 bits per heavy atom. The molecule has 0 bridgehead atoms. The van der Waals surface area contributed by atoms with E-state index in [2.05, 4.69) is 31.9 Å². The van der Waals surface area contributed by atoms with Crippen molar-refractivity contribution < 1.29 is 9.18 Å². The lowest BCUT2D eigenvalue weighted by molar-refractivity contribution is 0.0784. The normalized spacial score (nSPS) is 10.4. The van der Waals surface area contributed by atoms with Gasteiger partial charge in [0.05, 0.1) is 4.47 Å². The highest BCUT2D eigenvalue weighted by atomic mass is 79.9. The minimum atomic E-state index is -0.438. The van der Waals surface area contributed by atoms with E-state index in [0.29, 0.717) is 16.6 Å². The van der Waals surface area contributed by atoms with E-state index in [-0.39, 0.29) is 5.91 Å². The molecule has 5 heteroatoms. The van der Waals surface area contributed by atoms with Gasteiger partial charge in [-0.3, -0.25) is 4.79 Å². The Hall–Kier alpha value is -1.20. The van der Waals surface area contributed by atoms with Gasteiger partial charge in [0.25, 0.3) is 5.91 Å². The van der Waals surface area contributed by atoms with Crippen LogP contribution in [0.25, 0.3) is 0 Å². The molecule has 0 aliphatic heterocycles. The van der Waals surface area contributed by atoms with Crippen LogP contribution in [0.15, 0.2) is 51.4 Å². The second-order valence-electron chi connectivity index (χ2n) is 4.42. The summed E-state index contributed by atoms with van der Waals surface area (Å²) < 4.78 is 14.8. The largest absolute Gasteiger partial charge is 0.337 e. The molecule has 104 valence electrons. The molecular weight excluding hydrogens is 389 g/mol. The molecule has 2 nitrogen and oxygen atoms in total. The maximum absolute atomic E-state index is 13.5. The molecule has 0 spiro atoms. The van der Waals surface area contributed by atoms with Gasteiger partial charge >= 0.3 is 0 Å². The number of carbonyl (C=O) groups is 1. The van der Waals surface area contributed by atoms with E-state index in [1.165, 1.54) is 12.1 Å². The van der Waals surface area contributed by atoms with E-state index < -0.39 is 5.82 Å². The van der Waals surface area contributed by atoms with Gasteiger partial charge in [-0.25, -0.2) is 4.39 Å². The summed E-state index contributed by atoms with van der Waals surface area (Å²) in [5, 5.41) is 0. The van der Waals surface area contributed by atoms with Gasteiger partial charge in [0.15, 0.2) is 0 Å². The Balaban J connectivity index is 2.14. The summed E-state index contributed by atoms with van der Waals surface area (Å²) in [6, 6.07) is 12.1. The van der Waals surface area contributed by atoms with Crippen molar-refractivity contribution in [3.8, 4) is 0 Å². The first-order valence-corrected chi connectivity index (χ1v) is 7.51. The van der Waals surface area contributed by atoms with Crippen molar-refractivity contribution in [3.63, 3.8) is 0 Å². The van der Waals surface area contributed by atoms with Crippen LogP contribution < -0.4 is 0 Å². The second-order valence-corrected chi connectivity index (χ2v) is 6.19. The van der Waals surface area contributed by atoms with E-state index in [1.54, 1.807) is 18.0 Å². The Kier molecular flexibility index (Phi) is 4.94. The zero-order valence-corrected chi connectivity index (χ0v) is 13.9. The van der Waals surface area contributed by atoms with Gasteiger partial charge in [0.1, 0.15) is 5.82 Å². The van der Waals surface area contributed by atoms with Gasteiger partial charge in [0.2, 0.25) is 0 Å². The molecule has 0 heterocycles. The molecule has 0 aliphatic rings. The third-order valence-corrected chi connectivity index (χ3v) is 3.96. The van der Waals surface area contributed by atoms with Gasteiger partial charge in [0, 0.05) is 23.6 Å². The molecule has 0 N–H and O–H groups in total. The van der Waals surface area contributed by atoms with Crippen molar-refractivity contribution in [2.24, 2.45) is 0 Å². The van der Waals surface area contributed by atoms with Crippen LogP contribution >= 0.6 is 31.9 Å². The van der Waals surface area contributed by atoms with Crippen LogP contribution in [0.3, 0.4) is 0 Å². The second kappa shape index (κ2) is 6.50. The molecule has 0 atom stereocenters. The van der Waals surface area contributed by atoms with Crippen molar-refractivity contribution in [3.05, 3.63) is 68.4 Å². The fourth-order valence-electron chi connectivity index (χ4n) is 1.83. The van der Waals surface area contributed by atoms with E-state index in [1.807, 2.05) is 24.3 Å². The number of hydrogen-bond donors (Lipinski definition) is 0. The highest BCUT2D eigenvalue weighted by molar-refractivity contribution is 9.10. The molecule has 0 unspecified atom stereocenters. The van der Waals surface area contributed by atoms with Crippen LogP contribution in [0.5, 0.6) is 0 Å². The smallest absolute Gasteiger partial charge is 0.253 e. The van der Waals surface area contributed by atoms with Crippen LogP contribution in [0.1, 0.15) is 15.9 Å². The predicted molar refractivity (Wildman–Crippen MR) is 84.0 cm³/mol. The van der Waals surface area contributed by atoms with Crippen molar-refractivity contribution in [1.29, 1.82) is 0 Å². The molecule has 0 saturated carbocycles. The summed E-state index contributed by atoms with van der Waals surface area (Å²) in [6.45, 7) is 0.468. The lowest BCUT2D eigenvalue weighted by atomic mass is 10.1. The molecule has 0 aromatic heterocycles. The minimum Gasteiger partial charge on any atom is -0.337 e. The molecule has 2 rings (SSSR count). The number of halogens is 3. The third-order valence-electron chi connectivity index (χ3n) is 2.82. The fourth-order valence-corrected chi connectivity index (χ4v) is 2.52. The zero-order chi connectivity index (χ0) is 14.7. The van der Waals surface area contributed by atoms with E-state index in [0.717, 1.165) is 10.0 Å². The van der Waals surface area contributed by atoms with Crippen LogP contribution in [0, 0.1) is 5.82 Å². The predicted octanol–water partition coefficient (Wildman–Crippen LogP) is 4.62. The van der Waals surface area contributed by atoms with Crippen LogP contribution in [-0.4, -0.2) is 17.9 Å². The van der Waals surface area contributed by atoms with Gasteiger partial charge in [-0.05, 0) is 51.8 Å². The molecular formula is C15H12Br2FNO. The number of rotatable bonds is 3. The summed E-state index contributed by atoms with van der Waals surface area (Å²) in [7, 11) is 1.70. The monoisotopic (exact) mass is 399 g/mol. The number of carbonyl (C=O) groups excluding carboxylic acids is 1. The lowest BCUT2D eigenvalue weighted by Crippen LogP contribution is -2.26. The number of hydrogen-bond acceptors (Lipinski definition) is 1. The first kappa shape index (κ1) is 15.2. The van der Waals surface area contributed by atoms with Gasteiger partial charge < -0.3 is 4.90 Å². The fraction of sp³-hybridized carbons (Fsp3) is 0.133. The highest BCUT2D eigenvalue weighted by Crippen LogP contribution is 2.18. The first-order chi connectivity index (χ1) is 9.47. The highest BCUT2D eigenvalue weighted by Gasteiger charge is 2.13. The summed E-state index contributed by atoms with van der Waals surface area (Å²) in [5.74, 6) is -0.650. The molecule has 2 aromatic rings. The molecule has 20 heavy (non-hydrogen) atoms. The third kappa shape index (κ3) is 3.67. The summed E-state index contributed by atoms with van der Waals surface area (Å²) in [6.07, 6.45) is 0. The Morgan fingerprint density at radius 1 is 1.20 bits per heavy atom. The number of benzene rings is 2. The van der Waals surface area contributed by atoms with Crippen molar-refractivity contribution >= 4 is 37.8 Å². The SMILES string of the molecule is CN(Cc1cccc(Br)c1)C(=O)c1ccc(Br)c(F)c1. The maximum Gasteiger partial charge on any atom is 0.253 e. The molecule has 0 aliphatic carbocycles. The van der Waals surface area contributed by atoms with E-state index >= 15 is 0 Å². The summed E-state index contributed by atoms with van der Waals surface area (Å²) in [5.41, 5.74) is 1.34. The van der Waals surface area contributed by atoms with Crippen LogP contribution in [-0.2, 0) is 6.54 Å². The van der Waals surface area contributed by atoms with Crippen molar-refractivity contribution in [2.75, 3.05) is 7.05 Å². The molecule has 0 saturated heterocycles. The lowest BCUT2D eigenvalue weighted by Gasteiger charge is -2.17. The Morgan fingerprint density at radius 3 is 2.60 bits per heavy atom. The van der Waals surface area contributed by atoms with Gasteiger partial charge in [-0.2, -0.15) is 0 Å². The van der Waals surface area contributed by atoms with Crippen LogP contribution in [0.4, 0.5) is 4.39 Å². The topological polar surface area (TPSA) is 20.3 Å². The summed E-state index contributed by atoms with van der Waals surface area (Å²) >= 11 is 6.47. The molecule has 0 fully saturated rings. The van der Waals surface area contributed by atoms with E-state index in [9.17, 15) is 9.18 Å². The number of nitrogens with zero attached hydrogens (tertiary/aromatic N) is 1. The number of amides is 1. The Labute approximate surface area is 133 Å². The van der Waals surface area contributed by atoms with Gasteiger partial charge in [-0.15, -0.1) is 0 Å². The zero-order valence-electron chi connectivity index (χ0n) is 10.7. The minimum absolute atomic E-state index is 0.212. The van der Waals surface area contributed by atoms with Gasteiger partial charge in [-0.1, -0.05) is 28.1 Å². The van der Waals surface area contributed by atoms with Crippen molar-refractivity contribution in [2.45, 2.75) is 6.54 Å². The molecule has 2 aromatic carbocycles. The summed E-state index contributed by atoms with van der Waals surface area (Å²) in [4.78, 5) is 13.8. The molecule has 0 radical (unpaired) electrons.